The number of aliphatic hydroxyl groups is 1. The van der Waals surface area contributed by atoms with Crippen molar-refractivity contribution in [1.82, 2.24) is 0 Å². The van der Waals surface area contributed by atoms with E-state index in [0.717, 1.165) is 11.1 Å². The first-order valence-electron chi connectivity index (χ1n) is 4.98. The average Bonchev–Trinajstić information content (AvgIpc) is 2.58. The number of aryl methyl sites for hydroxylation is 2. The zero-order valence-corrected chi connectivity index (χ0v) is 9.71. The van der Waals surface area contributed by atoms with Gasteiger partial charge in [-0.3, -0.25) is 0 Å². The number of aliphatic hydroxyl groups excluding tert-OH is 1. The molecule has 0 radical (unpaired) electrons. The molecule has 0 aliphatic rings. The van der Waals surface area contributed by atoms with Crippen LogP contribution in [0.2, 0.25) is 0 Å². The molecule has 1 unspecified atom stereocenters. The first-order chi connectivity index (χ1) is 7.18. The molecule has 1 atom stereocenters. The molecule has 1 N–H and O–H groups in total. The fourth-order valence-electron chi connectivity index (χ4n) is 1.74. The molecule has 78 valence electrons. The van der Waals surface area contributed by atoms with Crippen LogP contribution in [0.15, 0.2) is 36.4 Å². The van der Waals surface area contributed by atoms with Crippen LogP contribution in [0.4, 0.5) is 0 Å². The summed E-state index contributed by atoms with van der Waals surface area (Å²) in [4.78, 5) is 2.45. The van der Waals surface area contributed by atoms with E-state index in [-0.39, 0.29) is 0 Å². The third kappa shape index (κ3) is 2.11. The molecule has 0 aliphatic heterocycles. The van der Waals surface area contributed by atoms with E-state index in [1.54, 1.807) is 11.3 Å². The summed E-state index contributed by atoms with van der Waals surface area (Å²) in [5, 5.41) is 10.2. The normalized spacial score (nSPS) is 12.7. The quantitative estimate of drug-likeness (QED) is 0.818. The van der Waals surface area contributed by atoms with E-state index in [4.69, 9.17) is 0 Å². The molecule has 1 aromatic carbocycles. The molecule has 1 aromatic heterocycles. The van der Waals surface area contributed by atoms with Gasteiger partial charge in [-0.1, -0.05) is 30.3 Å². The summed E-state index contributed by atoms with van der Waals surface area (Å²) in [6.45, 7) is 4.12. The van der Waals surface area contributed by atoms with Crippen molar-refractivity contribution < 1.29 is 5.11 Å². The first-order valence-corrected chi connectivity index (χ1v) is 5.80. The molecule has 2 aromatic rings. The van der Waals surface area contributed by atoms with Gasteiger partial charge < -0.3 is 5.11 Å². The van der Waals surface area contributed by atoms with Crippen LogP contribution in [0.5, 0.6) is 0 Å². The first kappa shape index (κ1) is 10.4. The topological polar surface area (TPSA) is 20.2 Å². The van der Waals surface area contributed by atoms with Crippen molar-refractivity contribution in [2.24, 2.45) is 0 Å². The van der Waals surface area contributed by atoms with E-state index in [0.29, 0.717) is 0 Å². The smallest absolute Gasteiger partial charge is 0.105 e. The second-order valence-electron chi connectivity index (χ2n) is 3.68. The maximum Gasteiger partial charge on any atom is 0.105 e. The fraction of sp³-hybridized carbons (Fsp3) is 0.231. The van der Waals surface area contributed by atoms with Gasteiger partial charge in [0.05, 0.1) is 0 Å². The van der Waals surface area contributed by atoms with Crippen molar-refractivity contribution >= 4 is 11.3 Å². The second-order valence-corrected chi connectivity index (χ2v) is 5.14. The molecule has 1 heterocycles. The summed E-state index contributed by atoms with van der Waals surface area (Å²) >= 11 is 1.73. The lowest BCUT2D eigenvalue weighted by Gasteiger charge is -2.10. The largest absolute Gasteiger partial charge is 0.384 e. The Labute approximate surface area is 94.0 Å². The molecule has 2 rings (SSSR count). The average molecular weight is 218 g/mol. The molecule has 0 spiro atoms. The van der Waals surface area contributed by atoms with Crippen molar-refractivity contribution in [2.75, 3.05) is 0 Å². The summed E-state index contributed by atoms with van der Waals surface area (Å²) in [6.07, 6.45) is -0.490. The van der Waals surface area contributed by atoms with Gasteiger partial charge in [-0.15, -0.1) is 11.3 Å². The van der Waals surface area contributed by atoms with Crippen molar-refractivity contribution in [2.45, 2.75) is 20.0 Å². The van der Waals surface area contributed by atoms with E-state index in [1.165, 1.54) is 9.75 Å². The van der Waals surface area contributed by atoms with Gasteiger partial charge in [0, 0.05) is 9.75 Å². The Kier molecular flexibility index (Phi) is 2.89. The van der Waals surface area contributed by atoms with Crippen LogP contribution >= 0.6 is 11.3 Å². The van der Waals surface area contributed by atoms with Crippen LogP contribution in [-0.2, 0) is 0 Å². The van der Waals surface area contributed by atoms with Crippen molar-refractivity contribution in [3.8, 4) is 0 Å². The summed E-state index contributed by atoms with van der Waals surface area (Å²) < 4.78 is 0. The number of benzene rings is 1. The molecule has 2 heteroatoms. The van der Waals surface area contributed by atoms with Crippen LogP contribution < -0.4 is 0 Å². The minimum atomic E-state index is -0.490. The lowest BCUT2D eigenvalue weighted by molar-refractivity contribution is 0.220. The number of thiophene rings is 1. The van der Waals surface area contributed by atoms with Gasteiger partial charge >= 0.3 is 0 Å². The van der Waals surface area contributed by atoms with E-state index in [2.05, 4.69) is 19.9 Å². The van der Waals surface area contributed by atoms with E-state index >= 15 is 0 Å². The Morgan fingerprint density at radius 3 is 2.33 bits per heavy atom. The Morgan fingerprint density at radius 1 is 1.13 bits per heavy atom. The van der Waals surface area contributed by atoms with Gasteiger partial charge in [0.2, 0.25) is 0 Å². The number of hydrogen-bond acceptors (Lipinski definition) is 2. The predicted octanol–water partition coefficient (Wildman–Crippen LogP) is 3.45. The summed E-state index contributed by atoms with van der Waals surface area (Å²) in [7, 11) is 0. The maximum absolute atomic E-state index is 10.2. The molecule has 0 fully saturated rings. The fourth-order valence-corrected chi connectivity index (χ4v) is 2.69. The molecule has 0 saturated carbocycles. The van der Waals surface area contributed by atoms with Crippen molar-refractivity contribution in [3.63, 3.8) is 0 Å². The highest BCUT2D eigenvalue weighted by Crippen LogP contribution is 2.30. The van der Waals surface area contributed by atoms with Gasteiger partial charge in [-0.2, -0.15) is 0 Å². The highest BCUT2D eigenvalue weighted by molar-refractivity contribution is 7.12. The van der Waals surface area contributed by atoms with Crippen LogP contribution in [0.3, 0.4) is 0 Å². The Balaban J connectivity index is 2.36. The lowest BCUT2D eigenvalue weighted by atomic mass is 10.0. The van der Waals surface area contributed by atoms with E-state index in [9.17, 15) is 5.11 Å². The van der Waals surface area contributed by atoms with Gasteiger partial charge in [-0.25, -0.2) is 0 Å². The highest BCUT2D eigenvalue weighted by atomic mass is 32.1. The van der Waals surface area contributed by atoms with Crippen LogP contribution in [-0.4, -0.2) is 5.11 Å². The number of rotatable bonds is 2. The zero-order valence-electron chi connectivity index (χ0n) is 8.90. The Bertz CT molecular complexity index is 445. The van der Waals surface area contributed by atoms with Crippen LogP contribution in [0.1, 0.15) is 27.0 Å². The minimum absolute atomic E-state index is 0.490. The molecule has 0 saturated heterocycles. The van der Waals surface area contributed by atoms with Gasteiger partial charge in [0.25, 0.3) is 0 Å². The Hall–Kier alpha value is -1.12. The van der Waals surface area contributed by atoms with Gasteiger partial charge in [-0.05, 0) is 31.0 Å². The lowest BCUT2D eigenvalue weighted by Crippen LogP contribution is -1.98. The predicted molar refractivity (Wildman–Crippen MR) is 64.3 cm³/mol. The molecule has 1 nitrogen and oxygen atoms in total. The summed E-state index contributed by atoms with van der Waals surface area (Å²) in [5.74, 6) is 0. The van der Waals surface area contributed by atoms with E-state index < -0.39 is 6.10 Å². The minimum Gasteiger partial charge on any atom is -0.384 e. The third-order valence-electron chi connectivity index (χ3n) is 2.49. The molecule has 0 bridgehead atoms. The molecular formula is C13H14OS. The monoisotopic (exact) mass is 218 g/mol. The highest BCUT2D eigenvalue weighted by Gasteiger charge is 2.14. The van der Waals surface area contributed by atoms with E-state index in [1.807, 2.05) is 30.3 Å². The zero-order chi connectivity index (χ0) is 10.8. The van der Waals surface area contributed by atoms with Gasteiger partial charge in [0.15, 0.2) is 0 Å². The molecule has 0 amide bonds. The number of hydrogen-bond donors (Lipinski definition) is 1. The summed E-state index contributed by atoms with van der Waals surface area (Å²) in [6, 6.07) is 11.8. The van der Waals surface area contributed by atoms with Crippen LogP contribution in [0.25, 0.3) is 0 Å². The maximum atomic E-state index is 10.2. The van der Waals surface area contributed by atoms with Crippen molar-refractivity contribution in [1.29, 1.82) is 0 Å². The van der Waals surface area contributed by atoms with Crippen LogP contribution in [0, 0.1) is 13.8 Å². The van der Waals surface area contributed by atoms with Crippen molar-refractivity contribution in [3.05, 3.63) is 57.3 Å². The Morgan fingerprint density at radius 2 is 1.80 bits per heavy atom. The SMILES string of the molecule is Cc1cc(C(O)c2ccccc2)c(C)s1. The third-order valence-corrected chi connectivity index (χ3v) is 3.47. The molecule has 0 aliphatic carbocycles. The van der Waals surface area contributed by atoms with Gasteiger partial charge in [0.1, 0.15) is 6.10 Å². The standard InChI is InChI=1S/C13H14OS/c1-9-8-12(10(2)15-9)13(14)11-6-4-3-5-7-11/h3-8,13-14H,1-2H3. The molecular weight excluding hydrogens is 204 g/mol. The second kappa shape index (κ2) is 4.17. The summed E-state index contributed by atoms with van der Waals surface area (Å²) in [5.41, 5.74) is 1.99. The molecule has 15 heavy (non-hydrogen) atoms.